The van der Waals surface area contributed by atoms with Gasteiger partial charge in [0.25, 0.3) is 0 Å². The Morgan fingerprint density at radius 2 is 1.94 bits per heavy atom. The van der Waals surface area contributed by atoms with Crippen LogP contribution in [0.1, 0.15) is 36.6 Å². The van der Waals surface area contributed by atoms with Crippen molar-refractivity contribution in [3.8, 4) is 11.3 Å². The zero-order valence-corrected chi connectivity index (χ0v) is 19.7. The van der Waals surface area contributed by atoms with Crippen LogP contribution in [0.4, 0.5) is 10.9 Å². The number of aryl methyl sites for hydroxylation is 2. The van der Waals surface area contributed by atoms with Crippen LogP contribution in [0, 0.1) is 12.8 Å². The van der Waals surface area contributed by atoms with Gasteiger partial charge in [0.1, 0.15) is 12.1 Å². The largest absolute Gasteiger partial charge is 0.355 e. The molecular weight excluding hydrogens is 434 g/mol. The van der Waals surface area contributed by atoms with E-state index in [1.807, 2.05) is 12.1 Å². The third-order valence-corrected chi connectivity index (χ3v) is 7.02. The molecule has 0 aliphatic carbocycles. The van der Waals surface area contributed by atoms with Crippen molar-refractivity contribution in [3.05, 3.63) is 53.2 Å². The summed E-state index contributed by atoms with van der Waals surface area (Å²) in [7, 11) is 0. The zero-order valence-electron chi connectivity index (χ0n) is 18.9. The van der Waals surface area contributed by atoms with Crippen LogP contribution in [-0.2, 0) is 11.2 Å². The summed E-state index contributed by atoms with van der Waals surface area (Å²) in [5.41, 5.74) is 4.10. The van der Waals surface area contributed by atoms with Gasteiger partial charge >= 0.3 is 0 Å². The van der Waals surface area contributed by atoms with Crippen LogP contribution >= 0.6 is 11.3 Å². The van der Waals surface area contributed by atoms with Crippen molar-refractivity contribution in [2.45, 2.75) is 39.5 Å². The first-order valence-electron chi connectivity index (χ1n) is 11.4. The lowest BCUT2D eigenvalue weighted by molar-refractivity contribution is -0.120. The third-order valence-electron chi connectivity index (χ3n) is 6.13. The highest BCUT2D eigenvalue weighted by molar-refractivity contribution is 7.16. The Bertz CT molecular complexity index is 1260. The van der Waals surface area contributed by atoms with Crippen LogP contribution < -0.4 is 10.2 Å². The van der Waals surface area contributed by atoms with Crippen molar-refractivity contribution in [3.63, 3.8) is 0 Å². The standard InChI is InChI=1S/C24H27N7OS/c1-3-4-17-5-7-18(8-6-17)22-16(2)33-24(26-22)27-23(32)19-11-13-30(14-12-19)21-10-9-20-28-25-15-31(20)29-21/h5-10,15,19H,3-4,11-14H2,1-2H3,(H,26,27,32). The lowest BCUT2D eigenvalue weighted by atomic mass is 9.96. The number of hydrogen-bond donors (Lipinski definition) is 1. The number of nitrogens with zero attached hydrogens (tertiary/aromatic N) is 6. The molecule has 9 heteroatoms. The van der Waals surface area contributed by atoms with Gasteiger partial charge in [-0.2, -0.15) is 4.52 Å². The zero-order chi connectivity index (χ0) is 22.8. The molecule has 4 heterocycles. The van der Waals surface area contributed by atoms with E-state index in [1.165, 1.54) is 16.9 Å². The molecule has 3 aromatic heterocycles. The van der Waals surface area contributed by atoms with Gasteiger partial charge in [-0.1, -0.05) is 37.6 Å². The fourth-order valence-corrected chi connectivity index (χ4v) is 5.14. The van der Waals surface area contributed by atoms with E-state index in [0.29, 0.717) is 5.13 Å². The number of benzene rings is 1. The minimum atomic E-state index is -0.0270. The Balaban J connectivity index is 1.20. The van der Waals surface area contributed by atoms with Crippen LogP contribution in [0.25, 0.3) is 16.9 Å². The summed E-state index contributed by atoms with van der Waals surface area (Å²) in [5.74, 6) is 0.905. The van der Waals surface area contributed by atoms with Crippen molar-refractivity contribution < 1.29 is 4.79 Å². The monoisotopic (exact) mass is 461 g/mol. The van der Waals surface area contributed by atoms with E-state index in [2.05, 4.69) is 63.6 Å². The second-order valence-electron chi connectivity index (χ2n) is 8.45. The molecule has 33 heavy (non-hydrogen) atoms. The molecule has 1 saturated heterocycles. The molecule has 1 N–H and O–H groups in total. The molecule has 8 nitrogen and oxygen atoms in total. The Hall–Kier alpha value is -3.33. The minimum absolute atomic E-state index is 0.0270. The number of carbonyl (C=O) groups excluding carboxylic acids is 1. The van der Waals surface area contributed by atoms with Crippen molar-refractivity contribution in [1.29, 1.82) is 0 Å². The van der Waals surface area contributed by atoms with E-state index in [-0.39, 0.29) is 11.8 Å². The molecule has 0 radical (unpaired) electrons. The summed E-state index contributed by atoms with van der Waals surface area (Å²) in [4.78, 5) is 21.0. The van der Waals surface area contributed by atoms with E-state index in [9.17, 15) is 4.79 Å². The van der Waals surface area contributed by atoms with E-state index in [0.717, 1.165) is 66.4 Å². The van der Waals surface area contributed by atoms with Gasteiger partial charge in [0.15, 0.2) is 10.8 Å². The summed E-state index contributed by atoms with van der Waals surface area (Å²) < 4.78 is 1.67. The molecule has 1 fully saturated rings. The fraction of sp³-hybridized carbons (Fsp3) is 0.375. The first kappa shape index (κ1) is 21.5. The van der Waals surface area contributed by atoms with Crippen molar-refractivity contribution in [1.82, 2.24) is 24.8 Å². The number of nitrogens with one attached hydrogen (secondary N) is 1. The number of hydrogen-bond acceptors (Lipinski definition) is 7. The molecule has 0 bridgehead atoms. The number of amides is 1. The molecule has 170 valence electrons. The van der Waals surface area contributed by atoms with Gasteiger partial charge in [0.2, 0.25) is 5.91 Å². The predicted molar refractivity (Wildman–Crippen MR) is 131 cm³/mol. The van der Waals surface area contributed by atoms with Gasteiger partial charge < -0.3 is 10.2 Å². The average molecular weight is 462 g/mol. The first-order chi connectivity index (χ1) is 16.1. The summed E-state index contributed by atoms with van der Waals surface area (Å²) in [5, 5.41) is 16.2. The molecular formula is C24H27N7OS. The topological polar surface area (TPSA) is 88.3 Å². The van der Waals surface area contributed by atoms with Gasteiger partial charge in [-0.3, -0.25) is 4.79 Å². The maximum Gasteiger partial charge on any atom is 0.229 e. The van der Waals surface area contributed by atoms with Crippen molar-refractivity contribution in [2.75, 3.05) is 23.3 Å². The Kier molecular flexibility index (Phi) is 6.04. The summed E-state index contributed by atoms with van der Waals surface area (Å²) >= 11 is 1.54. The fourth-order valence-electron chi connectivity index (χ4n) is 4.30. The lowest BCUT2D eigenvalue weighted by Gasteiger charge is -2.31. The van der Waals surface area contributed by atoms with E-state index < -0.39 is 0 Å². The number of rotatable bonds is 6. The maximum absolute atomic E-state index is 12.9. The molecule has 0 spiro atoms. The highest BCUT2D eigenvalue weighted by Gasteiger charge is 2.27. The Morgan fingerprint density at radius 1 is 1.15 bits per heavy atom. The highest BCUT2D eigenvalue weighted by atomic mass is 32.1. The second kappa shape index (κ2) is 9.27. The van der Waals surface area contributed by atoms with Crippen LogP contribution in [0.15, 0.2) is 42.7 Å². The average Bonchev–Trinajstić information content (AvgIpc) is 3.45. The Labute approximate surface area is 196 Å². The Morgan fingerprint density at radius 3 is 2.70 bits per heavy atom. The van der Waals surface area contributed by atoms with E-state index >= 15 is 0 Å². The SMILES string of the molecule is CCCc1ccc(-c2nc(NC(=O)C3CCN(c4ccc5nncn5n4)CC3)sc2C)cc1. The number of thiazole rings is 1. The molecule has 0 unspecified atom stereocenters. The molecule has 1 aliphatic heterocycles. The van der Waals surface area contributed by atoms with Crippen molar-refractivity contribution >= 4 is 33.8 Å². The number of fused-ring (bicyclic) bond motifs is 1. The molecule has 0 saturated carbocycles. The normalized spacial score (nSPS) is 14.7. The molecule has 1 amide bonds. The summed E-state index contributed by atoms with van der Waals surface area (Å²) in [6.45, 7) is 5.81. The van der Waals surface area contributed by atoms with Gasteiger partial charge in [-0.15, -0.1) is 26.6 Å². The number of piperidine rings is 1. The molecule has 5 rings (SSSR count). The molecule has 1 aromatic carbocycles. The summed E-state index contributed by atoms with van der Waals surface area (Å²) in [6.07, 6.45) is 5.39. The van der Waals surface area contributed by atoms with Crippen molar-refractivity contribution in [2.24, 2.45) is 5.92 Å². The van der Waals surface area contributed by atoms with Crippen LogP contribution in [-0.4, -0.2) is 43.8 Å². The third kappa shape index (κ3) is 4.59. The molecule has 4 aromatic rings. The summed E-state index contributed by atoms with van der Waals surface area (Å²) in [6, 6.07) is 12.4. The number of carbonyl (C=O) groups is 1. The quantitative estimate of drug-likeness (QED) is 0.459. The highest BCUT2D eigenvalue weighted by Crippen LogP contribution is 2.31. The van der Waals surface area contributed by atoms with Crippen LogP contribution in [0.5, 0.6) is 0 Å². The molecule has 1 aliphatic rings. The lowest BCUT2D eigenvalue weighted by Crippen LogP contribution is -2.38. The van der Waals surface area contributed by atoms with E-state index in [4.69, 9.17) is 4.98 Å². The molecule has 0 atom stereocenters. The predicted octanol–water partition coefficient (Wildman–Crippen LogP) is 4.36. The van der Waals surface area contributed by atoms with Gasteiger partial charge in [0.05, 0.1) is 5.69 Å². The minimum Gasteiger partial charge on any atom is -0.355 e. The second-order valence-corrected chi connectivity index (χ2v) is 9.65. The van der Waals surface area contributed by atoms with E-state index in [1.54, 1.807) is 10.8 Å². The smallest absolute Gasteiger partial charge is 0.229 e. The maximum atomic E-state index is 12.9. The van der Waals surface area contributed by atoms with Gasteiger partial charge in [-0.25, -0.2) is 4.98 Å². The van der Waals surface area contributed by atoms with Gasteiger partial charge in [0, 0.05) is 29.4 Å². The number of anilines is 2. The van der Waals surface area contributed by atoms with Gasteiger partial charge in [-0.05, 0) is 43.9 Å². The number of aromatic nitrogens is 5. The first-order valence-corrected chi connectivity index (χ1v) is 12.2. The van der Waals surface area contributed by atoms with Crippen LogP contribution in [0.2, 0.25) is 0 Å². The van der Waals surface area contributed by atoms with Crippen LogP contribution in [0.3, 0.4) is 0 Å².